The lowest BCUT2D eigenvalue weighted by molar-refractivity contribution is -0.231. The van der Waals surface area contributed by atoms with Gasteiger partial charge in [-0.2, -0.15) is 0 Å². The number of aliphatic hydroxyl groups is 5. The van der Waals surface area contributed by atoms with Crippen LogP contribution in [0.15, 0.2) is 42.5 Å². The van der Waals surface area contributed by atoms with Gasteiger partial charge >= 0.3 is 0 Å². The highest BCUT2D eigenvalue weighted by molar-refractivity contribution is 5.38. The Labute approximate surface area is 187 Å². The lowest BCUT2D eigenvalue weighted by Gasteiger charge is -2.40. The minimum Gasteiger partial charge on any atom is -0.488 e. The molecule has 1 saturated heterocycles. The molecule has 2 aliphatic rings. The predicted octanol–water partition coefficient (Wildman–Crippen LogP) is 1.39. The summed E-state index contributed by atoms with van der Waals surface area (Å²) < 4.78 is 11.6. The first-order valence-electron chi connectivity index (χ1n) is 11.2. The van der Waals surface area contributed by atoms with Crippen LogP contribution in [-0.2, 0) is 11.2 Å². The molecule has 174 valence electrons. The lowest BCUT2D eigenvalue weighted by atomic mass is 9.89. The van der Waals surface area contributed by atoms with E-state index in [9.17, 15) is 25.5 Å². The molecule has 2 fully saturated rings. The molecule has 2 aromatic carbocycles. The van der Waals surface area contributed by atoms with Crippen molar-refractivity contribution in [3.63, 3.8) is 0 Å². The Kier molecular flexibility index (Phi) is 7.14. The average Bonchev–Trinajstić information content (AvgIpc) is 3.19. The minimum absolute atomic E-state index is 0.140. The van der Waals surface area contributed by atoms with Crippen molar-refractivity contribution in [3.05, 3.63) is 64.7 Å². The predicted molar refractivity (Wildman–Crippen MR) is 117 cm³/mol. The van der Waals surface area contributed by atoms with Crippen LogP contribution >= 0.6 is 0 Å². The van der Waals surface area contributed by atoms with Crippen molar-refractivity contribution in [1.29, 1.82) is 0 Å². The maximum Gasteiger partial charge on any atom is 0.124 e. The van der Waals surface area contributed by atoms with E-state index in [0.29, 0.717) is 12.0 Å². The molecule has 1 unspecified atom stereocenters. The second-order valence-corrected chi connectivity index (χ2v) is 8.91. The second-order valence-electron chi connectivity index (χ2n) is 8.91. The molecule has 32 heavy (non-hydrogen) atoms. The summed E-state index contributed by atoms with van der Waals surface area (Å²) in [6.45, 7) is 1.55. The van der Waals surface area contributed by atoms with Crippen molar-refractivity contribution < 1.29 is 35.0 Å². The summed E-state index contributed by atoms with van der Waals surface area (Å²) in [5.41, 5.74) is 3.88. The first-order chi connectivity index (χ1) is 15.4. The monoisotopic (exact) mass is 444 g/mol. The van der Waals surface area contributed by atoms with Crippen LogP contribution < -0.4 is 4.74 Å². The molecule has 1 heterocycles. The van der Waals surface area contributed by atoms with E-state index in [0.717, 1.165) is 41.7 Å². The van der Waals surface area contributed by atoms with Crippen LogP contribution in [0.25, 0.3) is 0 Å². The zero-order valence-electron chi connectivity index (χ0n) is 18.2. The zero-order chi connectivity index (χ0) is 22.8. The highest BCUT2D eigenvalue weighted by Gasteiger charge is 2.44. The SMILES string of the molecule is Cc1ccc([C@@H]2O[C@H](CO)[C@@H](O)[C@H](O)[C@H]2O)cc1Cc1ccc(OC2CCC[C@@H]2O)cc1. The molecule has 7 atom stereocenters. The van der Waals surface area contributed by atoms with Gasteiger partial charge in [-0.3, -0.25) is 0 Å². The van der Waals surface area contributed by atoms with Gasteiger partial charge in [0.1, 0.15) is 42.4 Å². The maximum atomic E-state index is 10.4. The molecule has 0 bridgehead atoms. The van der Waals surface area contributed by atoms with E-state index in [1.807, 2.05) is 49.4 Å². The van der Waals surface area contributed by atoms with Crippen molar-refractivity contribution in [2.75, 3.05) is 6.61 Å². The number of hydrogen-bond acceptors (Lipinski definition) is 7. The van der Waals surface area contributed by atoms with E-state index >= 15 is 0 Å². The highest BCUT2D eigenvalue weighted by atomic mass is 16.5. The maximum absolute atomic E-state index is 10.4. The van der Waals surface area contributed by atoms with E-state index in [4.69, 9.17) is 9.47 Å². The fourth-order valence-corrected chi connectivity index (χ4v) is 4.56. The Balaban J connectivity index is 1.48. The number of rotatable bonds is 6. The summed E-state index contributed by atoms with van der Waals surface area (Å²) in [6, 6.07) is 13.5. The van der Waals surface area contributed by atoms with Crippen molar-refractivity contribution in [3.8, 4) is 5.75 Å². The first-order valence-corrected chi connectivity index (χ1v) is 11.2. The third-order valence-electron chi connectivity index (χ3n) is 6.62. The molecule has 7 nitrogen and oxygen atoms in total. The van der Waals surface area contributed by atoms with Crippen LogP contribution in [0.3, 0.4) is 0 Å². The van der Waals surface area contributed by atoms with Crippen molar-refractivity contribution in [2.24, 2.45) is 0 Å². The van der Waals surface area contributed by atoms with Gasteiger partial charge in [0.15, 0.2) is 0 Å². The van der Waals surface area contributed by atoms with Crippen molar-refractivity contribution >= 4 is 0 Å². The molecule has 0 spiro atoms. The smallest absolute Gasteiger partial charge is 0.124 e. The van der Waals surface area contributed by atoms with E-state index in [2.05, 4.69) is 0 Å². The van der Waals surface area contributed by atoms with Crippen molar-refractivity contribution in [1.82, 2.24) is 0 Å². The molecular weight excluding hydrogens is 412 g/mol. The Morgan fingerprint density at radius 2 is 1.69 bits per heavy atom. The molecule has 7 heteroatoms. The number of aliphatic hydroxyl groups excluding tert-OH is 5. The van der Waals surface area contributed by atoms with Gasteiger partial charge < -0.3 is 35.0 Å². The molecule has 1 saturated carbocycles. The summed E-state index contributed by atoms with van der Waals surface area (Å²) in [4.78, 5) is 0. The molecular formula is C25H32O7. The Bertz CT molecular complexity index is 898. The van der Waals surface area contributed by atoms with Gasteiger partial charge in [0.05, 0.1) is 12.7 Å². The fourth-order valence-electron chi connectivity index (χ4n) is 4.56. The standard InChI is InChI=1S/C25H32O7/c1-14-5-8-16(25-24(30)23(29)22(28)21(13-26)32-25)12-17(14)11-15-6-9-18(10-7-15)31-20-4-2-3-19(20)27/h5-10,12,19-30H,2-4,11,13H2,1H3/t19-,20?,21+,22+,23-,24+,25-/m0/s1. The van der Waals surface area contributed by atoms with Gasteiger partial charge in [0, 0.05) is 0 Å². The van der Waals surface area contributed by atoms with Gasteiger partial charge in [0.2, 0.25) is 0 Å². The molecule has 4 rings (SSSR count). The molecule has 0 amide bonds. The van der Waals surface area contributed by atoms with E-state index in [1.54, 1.807) is 0 Å². The normalized spacial score (nSPS) is 32.8. The summed E-state index contributed by atoms with van der Waals surface area (Å²) in [6.07, 6.45) is -3.11. The van der Waals surface area contributed by atoms with E-state index in [1.165, 1.54) is 0 Å². The summed E-state index contributed by atoms with van der Waals surface area (Å²) in [7, 11) is 0. The molecule has 5 N–H and O–H groups in total. The number of ether oxygens (including phenoxy) is 2. The Hall–Kier alpha value is -2.00. The van der Waals surface area contributed by atoms with Gasteiger partial charge in [-0.1, -0.05) is 30.3 Å². The summed E-state index contributed by atoms with van der Waals surface area (Å²) in [5, 5.41) is 50.0. The molecule has 1 aliphatic carbocycles. The first kappa shape index (κ1) is 23.2. The van der Waals surface area contributed by atoms with Gasteiger partial charge in [0.25, 0.3) is 0 Å². The van der Waals surface area contributed by atoms with Crippen LogP contribution in [0.2, 0.25) is 0 Å². The van der Waals surface area contributed by atoms with Crippen LogP contribution in [0.4, 0.5) is 0 Å². The quantitative estimate of drug-likeness (QED) is 0.457. The molecule has 1 aliphatic heterocycles. The topological polar surface area (TPSA) is 120 Å². The van der Waals surface area contributed by atoms with Gasteiger partial charge in [-0.15, -0.1) is 0 Å². The lowest BCUT2D eigenvalue weighted by Crippen LogP contribution is -2.55. The largest absolute Gasteiger partial charge is 0.488 e. The summed E-state index contributed by atoms with van der Waals surface area (Å²) in [5.74, 6) is 0.742. The number of hydrogen-bond donors (Lipinski definition) is 5. The number of aryl methyl sites for hydroxylation is 1. The third kappa shape index (κ3) is 4.83. The van der Waals surface area contributed by atoms with Crippen LogP contribution in [0, 0.1) is 6.92 Å². The minimum atomic E-state index is -1.40. The van der Waals surface area contributed by atoms with Crippen LogP contribution in [-0.4, -0.2) is 68.8 Å². The van der Waals surface area contributed by atoms with Crippen LogP contribution in [0.1, 0.15) is 47.6 Å². The number of benzene rings is 2. The molecule has 0 radical (unpaired) electrons. The highest BCUT2D eigenvalue weighted by Crippen LogP contribution is 2.33. The Morgan fingerprint density at radius 1 is 0.938 bits per heavy atom. The zero-order valence-corrected chi connectivity index (χ0v) is 18.2. The third-order valence-corrected chi connectivity index (χ3v) is 6.62. The second kappa shape index (κ2) is 9.87. The van der Waals surface area contributed by atoms with Gasteiger partial charge in [-0.25, -0.2) is 0 Å². The fraction of sp³-hybridized carbons (Fsp3) is 0.520. The van der Waals surface area contributed by atoms with Gasteiger partial charge in [-0.05, 0) is 67.0 Å². The van der Waals surface area contributed by atoms with Crippen LogP contribution in [0.5, 0.6) is 5.75 Å². The van der Waals surface area contributed by atoms with E-state index in [-0.39, 0.29) is 6.10 Å². The molecule has 0 aromatic heterocycles. The Morgan fingerprint density at radius 3 is 2.34 bits per heavy atom. The van der Waals surface area contributed by atoms with E-state index < -0.39 is 43.2 Å². The molecule has 2 aromatic rings. The average molecular weight is 445 g/mol. The van der Waals surface area contributed by atoms with Crippen molar-refractivity contribution in [2.45, 2.75) is 75.3 Å². The summed E-state index contributed by atoms with van der Waals surface area (Å²) >= 11 is 0.